The molecule has 3 aromatic rings. The summed E-state index contributed by atoms with van der Waals surface area (Å²) in [6.07, 6.45) is 4.97. The van der Waals surface area contributed by atoms with Gasteiger partial charge >= 0.3 is 0 Å². The maximum atomic E-state index is 14.4. The molecule has 152 valence electrons. The highest BCUT2D eigenvalue weighted by Crippen LogP contribution is 2.33. The largest absolute Gasteiger partial charge is 0.489 e. The van der Waals surface area contributed by atoms with Crippen molar-refractivity contribution in [1.82, 2.24) is 9.55 Å². The molecule has 6 heteroatoms. The number of nitrogens with zero attached hydrogens (tertiary/aromatic N) is 2. The molecule has 0 aliphatic carbocycles. The lowest BCUT2D eigenvalue weighted by Gasteiger charge is -2.29. The van der Waals surface area contributed by atoms with Gasteiger partial charge in [0.25, 0.3) is 0 Å². The third-order valence-electron chi connectivity index (χ3n) is 5.33. The number of aromatic nitrogens is 2. The molecule has 1 aliphatic heterocycles. The maximum absolute atomic E-state index is 14.4. The van der Waals surface area contributed by atoms with E-state index in [9.17, 15) is 4.39 Å². The van der Waals surface area contributed by atoms with Crippen molar-refractivity contribution >= 4 is 0 Å². The Bertz CT molecular complexity index is 955. The molecule has 0 saturated carbocycles. The molecular weight excluding hydrogens is 371 g/mol. The third-order valence-corrected chi connectivity index (χ3v) is 5.33. The molecule has 0 bridgehead atoms. The van der Waals surface area contributed by atoms with E-state index >= 15 is 0 Å². The number of hydrogen-bond donors (Lipinski definition) is 0. The van der Waals surface area contributed by atoms with E-state index in [4.69, 9.17) is 14.2 Å². The van der Waals surface area contributed by atoms with Crippen LogP contribution in [0.1, 0.15) is 35.9 Å². The molecule has 0 amide bonds. The minimum Gasteiger partial charge on any atom is -0.489 e. The second kappa shape index (κ2) is 8.76. The normalized spacial score (nSPS) is 19.3. The molecule has 2 unspecified atom stereocenters. The highest BCUT2D eigenvalue weighted by molar-refractivity contribution is 5.36. The number of aryl methyl sites for hydroxylation is 1. The fraction of sp³-hybridized carbons (Fsp3) is 0.348. The molecule has 0 spiro atoms. The van der Waals surface area contributed by atoms with Gasteiger partial charge in [0.2, 0.25) is 0 Å². The van der Waals surface area contributed by atoms with Crippen LogP contribution < -0.4 is 4.74 Å². The van der Waals surface area contributed by atoms with Crippen LogP contribution in [0, 0.1) is 12.7 Å². The van der Waals surface area contributed by atoms with E-state index < -0.39 is 0 Å². The van der Waals surface area contributed by atoms with Crippen LogP contribution in [0.15, 0.2) is 54.9 Å². The second-order valence-corrected chi connectivity index (χ2v) is 7.22. The predicted octanol–water partition coefficient (Wildman–Crippen LogP) is 4.77. The zero-order valence-corrected chi connectivity index (χ0v) is 16.7. The first-order chi connectivity index (χ1) is 14.1. The highest BCUT2D eigenvalue weighted by Gasteiger charge is 2.26. The monoisotopic (exact) mass is 396 g/mol. The average molecular weight is 396 g/mol. The van der Waals surface area contributed by atoms with Crippen LogP contribution in [0.3, 0.4) is 0 Å². The zero-order valence-electron chi connectivity index (χ0n) is 16.7. The number of ether oxygens (including phenoxy) is 3. The van der Waals surface area contributed by atoms with Gasteiger partial charge in [-0.05, 0) is 49.2 Å². The molecule has 2 atom stereocenters. The molecule has 5 nitrogen and oxygen atoms in total. The molecule has 2 heterocycles. The Hall–Kier alpha value is -2.70. The topological polar surface area (TPSA) is 45.5 Å². The number of halogens is 1. The lowest BCUT2D eigenvalue weighted by Crippen LogP contribution is -2.25. The van der Waals surface area contributed by atoms with Gasteiger partial charge in [-0.15, -0.1) is 0 Å². The molecule has 2 aromatic carbocycles. The van der Waals surface area contributed by atoms with Crippen LogP contribution in [0.25, 0.3) is 5.69 Å². The quantitative estimate of drug-likeness (QED) is 0.602. The summed E-state index contributed by atoms with van der Waals surface area (Å²) in [6, 6.07) is 12.9. The van der Waals surface area contributed by atoms with Crippen molar-refractivity contribution in [3.05, 3.63) is 77.6 Å². The van der Waals surface area contributed by atoms with Gasteiger partial charge in [0, 0.05) is 43.8 Å². The summed E-state index contributed by atoms with van der Waals surface area (Å²) < 4.78 is 33.5. The number of imidazole rings is 1. The Morgan fingerprint density at radius 1 is 1.21 bits per heavy atom. The minimum absolute atomic E-state index is 0.0929. The first-order valence-electron chi connectivity index (χ1n) is 9.80. The lowest BCUT2D eigenvalue weighted by atomic mass is 9.98. The van der Waals surface area contributed by atoms with Gasteiger partial charge in [0.15, 0.2) is 0 Å². The Morgan fingerprint density at radius 2 is 2.03 bits per heavy atom. The SMILES string of the molecule is COC1CCOC(c2cc(OCc3ccc(-n4ccnc4C)cc3)ccc2F)C1. The predicted molar refractivity (Wildman–Crippen MR) is 108 cm³/mol. The van der Waals surface area contributed by atoms with E-state index in [1.54, 1.807) is 25.4 Å². The zero-order chi connectivity index (χ0) is 20.2. The van der Waals surface area contributed by atoms with Crippen LogP contribution in [0.4, 0.5) is 4.39 Å². The fourth-order valence-electron chi connectivity index (χ4n) is 3.63. The molecule has 1 fully saturated rings. The summed E-state index contributed by atoms with van der Waals surface area (Å²) in [7, 11) is 1.68. The van der Waals surface area contributed by atoms with Gasteiger partial charge in [0.1, 0.15) is 24.0 Å². The van der Waals surface area contributed by atoms with Crippen LogP contribution >= 0.6 is 0 Å². The Labute approximate surface area is 170 Å². The van der Waals surface area contributed by atoms with Crippen LogP contribution in [-0.4, -0.2) is 29.4 Å². The highest BCUT2D eigenvalue weighted by atomic mass is 19.1. The summed E-state index contributed by atoms with van der Waals surface area (Å²) in [6.45, 7) is 2.94. The van der Waals surface area contributed by atoms with Gasteiger partial charge in [-0.2, -0.15) is 0 Å². The van der Waals surface area contributed by atoms with Gasteiger partial charge in [0.05, 0.1) is 12.2 Å². The van der Waals surface area contributed by atoms with Crippen molar-refractivity contribution in [2.24, 2.45) is 0 Å². The van der Waals surface area contributed by atoms with E-state index in [0.717, 1.165) is 23.5 Å². The average Bonchev–Trinajstić information content (AvgIpc) is 3.19. The number of benzene rings is 2. The minimum atomic E-state index is -0.310. The fourth-order valence-corrected chi connectivity index (χ4v) is 3.63. The molecule has 1 aliphatic rings. The van der Waals surface area contributed by atoms with E-state index in [0.29, 0.717) is 30.9 Å². The summed E-state index contributed by atoms with van der Waals surface area (Å²) in [5.74, 6) is 1.28. The smallest absolute Gasteiger partial charge is 0.129 e. The Balaban J connectivity index is 1.43. The van der Waals surface area contributed by atoms with Crippen molar-refractivity contribution in [2.45, 2.75) is 38.6 Å². The van der Waals surface area contributed by atoms with Gasteiger partial charge in [-0.1, -0.05) is 12.1 Å². The molecule has 1 saturated heterocycles. The van der Waals surface area contributed by atoms with E-state index in [-0.39, 0.29) is 18.0 Å². The second-order valence-electron chi connectivity index (χ2n) is 7.22. The van der Waals surface area contributed by atoms with E-state index in [2.05, 4.69) is 4.98 Å². The number of rotatable bonds is 6. The maximum Gasteiger partial charge on any atom is 0.129 e. The number of methoxy groups -OCH3 is 1. The van der Waals surface area contributed by atoms with Gasteiger partial charge in [-0.25, -0.2) is 9.37 Å². The number of hydrogen-bond acceptors (Lipinski definition) is 4. The summed E-state index contributed by atoms with van der Waals surface area (Å²) in [5.41, 5.74) is 2.61. The van der Waals surface area contributed by atoms with Gasteiger partial charge in [-0.3, -0.25) is 0 Å². The standard InChI is InChI=1S/C23H25FN2O3/c1-16-25-10-11-26(16)18-5-3-17(4-6-18)15-29-20-7-8-22(24)21(13-20)23-14-19(27-2)9-12-28-23/h3-8,10-11,13,19,23H,9,12,14-15H2,1-2H3. The van der Waals surface area contributed by atoms with E-state index in [1.165, 1.54) is 6.07 Å². The first-order valence-corrected chi connectivity index (χ1v) is 9.80. The van der Waals surface area contributed by atoms with Crippen LogP contribution in [-0.2, 0) is 16.1 Å². The van der Waals surface area contributed by atoms with Crippen molar-refractivity contribution < 1.29 is 18.6 Å². The molecule has 0 radical (unpaired) electrons. The molecule has 29 heavy (non-hydrogen) atoms. The van der Waals surface area contributed by atoms with Crippen LogP contribution in [0.5, 0.6) is 5.75 Å². The summed E-state index contributed by atoms with van der Waals surface area (Å²) >= 11 is 0. The summed E-state index contributed by atoms with van der Waals surface area (Å²) in [5, 5.41) is 0. The van der Waals surface area contributed by atoms with Crippen LogP contribution in [0.2, 0.25) is 0 Å². The van der Waals surface area contributed by atoms with Crippen molar-refractivity contribution in [1.29, 1.82) is 0 Å². The van der Waals surface area contributed by atoms with Crippen molar-refractivity contribution in [2.75, 3.05) is 13.7 Å². The lowest BCUT2D eigenvalue weighted by molar-refractivity contribution is -0.0611. The van der Waals surface area contributed by atoms with Crippen molar-refractivity contribution in [3.8, 4) is 11.4 Å². The summed E-state index contributed by atoms with van der Waals surface area (Å²) in [4.78, 5) is 4.24. The molecule has 0 N–H and O–H groups in total. The van der Waals surface area contributed by atoms with Gasteiger partial charge < -0.3 is 18.8 Å². The Morgan fingerprint density at radius 3 is 2.76 bits per heavy atom. The van der Waals surface area contributed by atoms with Crippen molar-refractivity contribution in [3.63, 3.8) is 0 Å². The molecule has 4 rings (SSSR count). The molecular formula is C23H25FN2O3. The Kier molecular flexibility index (Phi) is 5.92. The van der Waals surface area contributed by atoms with E-state index in [1.807, 2.05) is 42.0 Å². The third kappa shape index (κ3) is 4.49. The first kappa shape index (κ1) is 19.6. The molecule has 1 aromatic heterocycles.